The lowest BCUT2D eigenvalue weighted by atomic mass is 10.0. The predicted molar refractivity (Wildman–Crippen MR) is 370 cm³/mol. The summed E-state index contributed by atoms with van der Waals surface area (Å²) in [5.41, 5.74) is 0. The van der Waals surface area contributed by atoms with Gasteiger partial charge in [-0.15, -0.1) is 0 Å². The highest BCUT2D eigenvalue weighted by atomic mass is 16.5. The molecule has 500 valence electrons. The molecule has 0 saturated carbocycles. The van der Waals surface area contributed by atoms with E-state index in [1.165, 1.54) is 379 Å². The summed E-state index contributed by atoms with van der Waals surface area (Å²) in [4.78, 5) is 24.6. The van der Waals surface area contributed by atoms with E-state index in [2.05, 4.69) is 31.3 Å². The van der Waals surface area contributed by atoms with Crippen molar-refractivity contribution in [1.82, 2.24) is 5.32 Å². The van der Waals surface area contributed by atoms with Crippen molar-refractivity contribution in [3.8, 4) is 0 Å². The molecule has 0 radical (unpaired) electrons. The van der Waals surface area contributed by atoms with Gasteiger partial charge < -0.3 is 20.3 Å². The molecule has 0 aliphatic heterocycles. The number of esters is 1. The number of ether oxygens (including phenoxy) is 1. The maximum absolute atomic E-state index is 12.5. The van der Waals surface area contributed by atoms with E-state index >= 15 is 0 Å². The molecule has 0 rings (SSSR count). The molecule has 0 spiro atoms. The smallest absolute Gasteiger partial charge is 0.305 e. The van der Waals surface area contributed by atoms with E-state index in [0.717, 1.165) is 38.5 Å². The summed E-state index contributed by atoms with van der Waals surface area (Å²) in [5.74, 6) is -0.00226. The summed E-state index contributed by atoms with van der Waals surface area (Å²) in [6, 6.07) is -0.538. The highest BCUT2D eigenvalue weighted by Crippen LogP contribution is 2.20. The zero-order valence-electron chi connectivity index (χ0n) is 57.4. The third-order valence-corrected chi connectivity index (χ3v) is 18.6. The number of rotatable bonds is 74. The lowest BCUT2D eigenvalue weighted by molar-refractivity contribution is -0.143. The Morgan fingerprint density at radius 3 is 0.845 bits per heavy atom. The number of amides is 1. The SMILES string of the molecule is CCCCCCCCCCCCCCCCCCCC(=O)OCCCCCCCCCCCCCCCC/C=C\CCCCCCCCCCCCCCCCCCCC(=O)NC(CO)C(O)CCCCCCCCCCCCCCCCC. The molecule has 2 atom stereocenters. The molecular formula is C78H153NO5. The Balaban J connectivity index is 3.31. The molecule has 3 N–H and O–H groups in total. The molecule has 0 aromatic heterocycles. The van der Waals surface area contributed by atoms with Gasteiger partial charge in [-0.3, -0.25) is 9.59 Å². The van der Waals surface area contributed by atoms with Crippen LogP contribution >= 0.6 is 0 Å². The third-order valence-electron chi connectivity index (χ3n) is 18.6. The standard InChI is InChI=1S/C78H153NO5/c1-3-5-7-9-11-13-15-17-19-39-44-48-52-56-60-64-68-72-78(83)84-73-69-65-61-57-53-49-45-41-38-36-34-32-30-28-26-24-22-20-21-23-25-27-29-31-33-35-37-40-43-47-51-55-59-63-67-71-77(82)79-75(74-80)76(81)70-66-62-58-54-50-46-42-18-16-14-12-10-8-6-4-2/h22,24,75-76,80-81H,3-21,23,25-74H2,1-2H3,(H,79,82)/b24-22-. The van der Waals surface area contributed by atoms with Crippen LogP contribution < -0.4 is 5.32 Å². The van der Waals surface area contributed by atoms with E-state index in [-0.39, 0.29) is 18.5 Å². The molecule has 6 heteroatoms. The number of allylic oxidation sites excluding steroid dienone is 2. The first-order valence-electron chi connectivity index (χ1n) is 38.9. The van der Waals surface area contributed by atoms with Gasteiger partial charge in [-0.2, -0.15) is 0 Å². The summed E-state index contributed by atoms with van der Waals surface area (Å²) in [6.07, 6.45) is 93.0. The number of hydrogen-bond donors (Lipinski definition) is 3. The van der Waals surface area contributed by atoms with Gasteiger partial charge >= 0.3 is 5.97 Å². The van der Waals surface area contributed by atoms with E-state index in [1.54, 1.807) is 0 Å². The lowest BCUT2D eigenvalue weighted by Gasteiger charge is -2.22. The van der Waals surface area contributed by atoms with Crippen LogP contribution in [0.15, 0.2) is 12.2 Å². The molecule has 0 aromatic rings. The van der Waals surface area contributed by atoms with Crippen molar-refractivity contribution < 1.29 is 24.5 Å². The Kier molecular flexibility index (Phi) is 72.8. The van der Waals surface area contributed by atoms with Crippen molar-refractivity contribution in [3.63, 3.8) is 0 Å². The second kappa shape index (κ2) is 74.1. The fourth-order valence-electron chi connectivity index (χ4n) is 12.6. The van der Waals surface area contributed by atoms with Gasteiger partial charge in [0.15, 0.2) is 0 Å². The first-order valence-corrected chi connectivity index (χ1v) is 38.9. The Morgan fingerprint density at radius 2 is 0.560 bits per heavy atom. The number of unbranched alkanes of at least 4 members (excludes halogenated alkanes) is 61. The Morgan fingerprint density at radius 1 is 0.321 bits per heavy atom. The van der Waals surface area contributed by atoms with Gasteiger partial charge in [-0.1, -0.05) is 398 Å². The largest absolute Gasteiger partial charge is 0.466 e. The minimum Gasteiger partial charge on any atom is -0.466 e. The van der Waals surface area contributed by atoms with Gasteiger partial charge in [0, 0.05) is 12.8 Å². The molecule has 1 amide bonds. The molecule has 0 bridgehead atoms. The van der Waals surface area contributed by atoms with Gasteiger partial charge in [0.1, 0.15) is 0 Å². The second-order valence-electron chi connectivity index (χ2n) is 27.0. The Labute approximate surface area is 527 Å². The van der Waals surface area contributed by atoms with E-state index in [0.29, 0.717) is 25.9 Å². The fourth-order valence-corrected chi connectivity index (χ4v) is 12.6. The van der Waals surface area contributed by atoms with Crippen LogP contribution in [0, 0.1) is 0 Å². The van der Waals surface area contributed by atoms with E-state index in [1.807, 2.05) is 0 Å². The zero-order chi connectivity index (χ0) is 60.6. The first kappa shape index (κ1) is 82.6. The van der Waals surface area contributed by atoms with Gasteiger partial charge in [0.25, 0.3) is 0 Å². The Hall–Kier alpha value is -1.40. The molecule has 2 unspecified atom stereocenters. The molecular weight excluding hydrogens is 1030 g/mol. The fraction of sp³-hybridized carbons (Fsp3) is 0.949. The van der Waals surface area contributed by atoms with Crippen molar-refractivity contribution in [3.05, 3.63) is 12.2 Å². The van der Waals surface area contributed by atoms with Crippen LogP contribution in [0.1, 0.15) is 450 Å². The zero-order valence-corrected chi connectivity index (χ0v) is 57.4. The summed E-state index contributed by atoms with van der Waals surface area (Å²) in [7, 11) is 0. The molecule has 0 aliphatic carbocycles. The van der Waals surface area contributed by atoms with Crippen LogP contribution in [0.4, 0.5) is 0 Å². The number of hydrogen-bond acceptors (Lipinski definition) is 5. The number of carbonyl (C=O) groups is 2. The molecule has 0 saturated heterocycles. The minimum atomic E-state index is -0.661. The number of aliphatic hydroxyl groups excluding tert-OH is 2. The summed E-state index contributed by atoms with van der Waals surface area (Å²) in [5, 5.41) is 23.4. The summed E-state index contributed by atoms with van der Waals surface area (Å²) in [6.45, 7) is 5.01. The predicted octanol–water partition coefficient (Wildman–Crippen LogP) is 25.5. The number of aliphatic hydroxyl groups is 2. The van der Waals surface area contributed by atoms with Crippen LogP contribution in [0.3, 0.4) is 0 Å². The first-order chi connectivity index (χ1) is 41.5. The molecule has 6 nitrogen and oxygen atoms in total. The van der Waals surface area contributed by atoms with Crippen LogP contribution in [0.2, 0.25) is 0 Å². The van der Waals surface area contributed by atoms with E-state index in [4.69, 9.17) is 4.74 Å². The van der Waals surface area contributed by atoms with Crippen LogP contribution in [0.25, 0.3) is 0 Å². The van der Waals surface area contributed by atoms with Crippen LogP contribution in [-0.2, 0) is 14.3 Å². The highest BCUT2D eigenvalue weighted by Gasteiger charge is 2.20. The van der Waals surface area contributed by atoms with Crippen molar-refractivity contribution in [2.45, 2.75) is 463 Å². The topological polar surface area (TPSA) is 95.9 Å². The van der Waals surface area contributed by atoms with Gasteiger partial charge in [-0.05, 0) is 51.4 Å². The number of nitrogens with one attached hydrogen (secondary N) is 1. The van der Waals surface area contributed by atoms with Crippen LogP contribution in [0.5, 0.6) is 0 Å². The molecule has 0 aromatic carbocycles. The van der Waals surface area contributed by atoms with Gasteiger partial charge in [-0.25, -0.2) is 0 Å². The monoisotopic (exact) mass is 1180 g/mol. The molecule has 0 fully saturated rings. The average molecular weight is 1190 g/mol. The average Bonchev–Trinajstić information content (AvgIpc) is 3.53. The van der Waals surface area contributed by atoms with Crippen molar-refractivity contribution in [1.29, 1.82) is 0 Å². The van der Waals surface area contributed by atoms with Crippen molar-refractivity contribution in [2.75, 3.05) is 13.2 Å². The van der Waals surface area contributed by atoms with Crippen molar-refractivity contribution in [2.24, 2.45) is 0 Å². The van der Waals surface area contributed by atoms with Crippen molar-refractivity contribution >= 4 is 11.9 Å². The van der Waals surface area contributed by atoms with Gasteiger partial charge in [0.2, 0.25) is 5.91 Å². The molecule has 0 aliphatic rings. The Bertz CT molecular complexity index is 1270. The lowest BCUT2D eigenvalue weighted by Crippen LogP contribution is -2.45. The highest BCUT2D eigenvalue weighted by molar-refractivity contribution is 5.76. The molecule has 0 heterocycles. The summed E-state index contributed by atoms with van der Waals surface area (Å²) >= 11 is 0. The van der Waals surface area contributed by atoms with Crippen LogP contribution in [-0.4, -0.2) is 47.4 Å². The quantitative estimate of drug-likeness (QED) is 0.0320. The maximum atomic E-state index is 12.5. The minimum absolute atomic E-state index is 0.0253. The second-order valence-corrected chi connectivity index (χ2v) is 27.0. The van der Waals surface area contributed by atoms with E-state index in [9.17, 15) is 19.8 Å². The normalized spacial score (nSPS) is 12.5. The molecule has 84 heavy (non-hydrogen) atoms. The van der Waals surface area contributed by atoms with E-state index < -0.39 is 12.1 Å². The summed E-state index contributed by atoms with van der Waals surface area (Å²) < 4.78 is 5.51. The maximum Gasteiger partial charge on any atom is 0.305 e. The van der Waals surface area contributed by atoms with Gasteiger partial charge in [0.05, 0.1) is 25.4 Å². The number of carbonyl (C=O) groups excluding carboxylic acids is 2. The third kappa shape index (κ3) is 69.7.